The quantitative estimate of drug-likeness (QED) is 0.551. The maximum absolute atomic E-state index is 13.5. The molecule has 4 rings (SSSR count). The van der Waals surface area contributed by atoms with E-state index in [0.717, 1.165) is 23.4 Å². The minimum atomic E-state index is -0.937. The Morgan fingerprint density at radius 2 is 1.74 bits per heavy atom. The van der Waals surface area contributed by atoms with Crippen LogP contribution in [0.2, 0.25) is 0 Å². The van der Waals surface area contributed by atoms with Crippen molar-refractivity contribution >= 4 is 16.9 Å². The Morgan fingerprint density at radius 3 is 2.41 bits per heavy atom. The second-order valence-electron chi connectivity index (χ2n) is 6.20. The van der Waals surface area contributed by atoms with E-state index in [9.17, 15) is 8.78 Å². The molecule has 0 aliphatic rings. The third-order valence-electron chi connectivity index (χ3n) is 4.57. The number of nitrogens with zero attached hydrogens (tertiary/aromatic N) is 6. The van der Waals surface area contributed by atoms with Gasteiger partial charge >= 0.3 is 0 Å². The molecule has 2 aromatic carbocycles. The number of halogens is 2. The van der Waals surface area contributed by atoms with Crippen LogP contribution in [0.5, 0.6) is 0 Å². The van der Waals surface area contributed by atoms with E-state index in [4.69, 9.17) is 0 Å². The molecule has 0 saturated carbocycles. The fourth-order valence-corrected chi connectivity index (χ4v) is 2.84. The molecule has 0 spiro atoms. The Hall–Kier alpha value is -3.42. The average molecular weight is 366 g/mol. The van der Waals surface area contributed by atoms with Gasteiger partial charge in [-0.3, -0.25) is 4.98 Å². The molecule has 0 fully saturated rings. The van der Waals surface area contributed by atoms with E-state index in [0.29, 0.717) is 16.9 Å². The van der Waals surface area contributed by atoms with E-state index in [1.54, 1.807) is 17.2 Å². The minimum Gasteiger partial charge on any atom is -0.352 e. The Kier molecular flexibility index (Phi) is 4.23. The molecule has 6 nitrogen and oxygen atoms in total. The van der Waals surface area contributed by atoms with Crippen molar-refractivity contribution < 1.29 is 8.78 Å². The highest BCUT2D eigenvalue weighted by atomic mass is 19.2. The van der Waals surface area contributed by atoms with Crippen LogP contribution in [-0.2, 0) is 0 Å². The summed E-state index contributed by atoms with van der Waals surface area (Å²) < 4.78 is 28.5. The van der Waals surface area contributed by atoms with Crippen molar-refractivity contribution in [2.24, 2.45) is 0 Å². The molecular weight excluding hydrogens is 350 g/mol. The van der Waals surface area contributed by atoms with Crippen LogP contribution >= 0.6 is 0 Å². The molecule has 0 bridgehead atoms. The van der Waals surface area contributed by atoms with E-state index < -0.39 is 11.6 Å². The van der Waals surface area contributed by atoms with Gasteiger partial charge in [0, 0.05) is 19.2 Å². The van der Waals surface area contributed by atoms with E-state index in [2.05, 4.69) is 20.1 Å². The number of rotatable bonds is 4. The van der Waals surface area contributed by atoms with E-state index in [1.165, 1.54) is 6.33 Å². The fraction of sp³-hybridized carbons (Fsp3) is 0.158. The highest BCUT2D eigenvalue weighted by molar-refractivity contribution is 5.75. The third-order valence-corrected chi connectivity index (χ3v) is 4.57. The highest BCUT2D eigenvalue weighted by Crippen LogP contribution is 2.26. The molecular formula is C19H16F2N6. The van der Waals surface area contributed by atoms with Gasteiger partial charge in [0.15, 0.2) is 11.6 Å². The lowest BCUT2D eigenvalue weighted by atomic mass is 10.1. The highest BCUT2D eigenvalue weighted by Gasteiger charge is 2.15. The summed E-state index contributed by atoms with van der Waals surface area (Å²) in [5.41, 5.74) is 2.60. The standard InChI is InChI=1S/C19H16F2N6/c1-12(13-3-5-14(6-4-13)27-11-22-10-24-27)26(2)19-9-23-17-7-15(20)16(21)8-18(17)25-19/h3-12H,1-2H3. The molecule has 2 aromatic heterocycles. The van der Waals surface area contributed by atoms with Crippen molar-refractivity contribution in [2.45, 2.75) is 13.0 Å². The molecule has 27 heavy (non-hydrogen) atoms. The topological polar surface area (TPSA) is 59.7 Å². The van der Waals surface area contributed by atoms with Gasteiger partial charge < -0.3 is 4.90 Å². The molecule has 2 heterocycles. The van der Waals surface area contributed by atoms with Gasteiger partial charge in [0.2, 0.25) is 0 Å². The zero-order chi connectivity index (χ0) is 19.0. The lowest BCUT2D eigenvalue weighted by Gasteiger charge is -2.26. The summed E-state index contributed by atoms with van der Waals surface area (Å²) in [6, 6.07) is 10.0. The maximum atomic E-state index is 13.5. The lowest BCUT2D eigenvalue weighted by Crippen LogP contribution is -2.22. The normalized spacial score (nSPS) is 12.3. The smallest absolute Gasteiger partial charge is 0.161 e. The zero-order valence-corrected chi connectivity index (χ0v) is 14.7. The minimum absolute atomic E-state index is 0.00755. The third kappa shape index (κ3) is 3.21. The summed E-state index contributed by atoms with van der Waals surface area (Å²) in [6.07, 6.45) is 4.68. The molecule has 136 valence electrons. The Bertz CT molecular complexity index is 1080. The van der Waals surface area contributed by atoms with Gasteiger partial charge in [0.1, 0.15) is 18.5 Å². The van der Waals surface area contributed by atoms with Crippen LogP contribution < -0.4 is 4.90 Å². The molecule has 0 saturated heterocycles. The number of benzene rings is 2. The monoisotopic (exact) mass is 366 g/mol. The van der Waals surface area contributed by atoms with Crippen LogP contribution in [0.25, 0.3) is 16.7 Å². The van der Waals surface area contributed by atoms with Gasteiger partial charge in [-0.15, -0.1) is 0 Å². The predicted octanol–water partition coefficient (Wildman–Crippen LogP) is 3.69. The number of hydrogen-bond acceptors (Lipinski definition) is 5. The van der Waals surface area contributed by atoms with Crippen LogP contribution in [0.15, 0.2) is 55.2 Å². The van der Waals surface area contributed by atoms with Crippen LogP contribution in [0, 0.1) is 11.6 Å². The van der Waals surface area contributed by atoms with E-state index in [-0.39, 0.29) is 6.04 Å². The molecule has 8 heteroatoms. The second kappa shape index (κ2) is 6.71. The summed E-state index contributed by atoms with van der Waals surface area (Å²) in [7, 11) is 1.88. The van der Waals surface area contributed by atoms with E-state index in [1.807, 2.05) is 43.1 Å². The van der Waals surface area contributed by atoms with Gasteiger partial charge in [-0.05, 0) is 24.6 Å². The summed E-state index contributed by atoms with van der Waals surface area (Å²) >= 11 is 0. The van der Waals surface area contributed by atoms with Crippen molar-refractivity contribution in [2.75, 3.05) is 11.9 Å². The summed E-state index contributed by atoms with van der Waals surface area (Å²) in [4.78, 5) is 14.5. The maximum Gasteiger partial charge on any atom is 0.161 e. The number of fused-ring (bicyclic) bond motifs is 1. The fourth-order valence-electron chi connectivity index (χ4n) is 2.84. The van der Waals surface area contributed by atoms with Crippen molar-refractivity contribution in [3.05, 3.63) is 72.4 Å². The molecule has 0 aliphatic heterocycles. The summed E-state index contributed by atoms with van der Waals surface area (Å²) in [5, 5.41) is 4.11. The average Bonchev–Trinajstić information content (AvgIpc) is 3.22. The largest absolute Gasteiger partial charge is 0.352 e. The first kappa shape index (κ1) is 17.0. The molecule has 1 atom stereocenters. The van der Waals surface area contributed by atoms with Crippen LogP contribution in [0.4, 0.5) is 14.6 Å². The predicted molar refractivity (Wildman–Crippen MR) is 97.6 cm³/mol. The van der Waals surface area contributed by atoms with Crippen molar-refractivity contribution in [1.29, 1.82) is 0 Å². The summed E-state index contributed by atoms with van der Waals surface area (Å²) in [5.74, 6) is -1.30. The number of anilines is 1. The Labute approximate surface area is 154 Å². The number of aromatic nitrogens is 5. The number of hydrogen-bond donors (Lipinski definition) is 0. The van der Waals surface area contributed by atoms with Gasteiger partial charge in [-0.25, -0.2) is 23.4 Å². The first-order valence-electron chi connectivity index (χ1n) is 8.32. The molecule has 0 aliphatic carbocycles. The van der Waals surface area contributed by atoms with Gasteiger partial charge in [0.25, 0.3) is 0 Å². The van der Waals surface area contributed by atoms with Crippen molar-refractivity contribution in [1.82, 2.24) is 24.7 Å². The first-order chi connectivity index (χ1) is 13.0. The SMILES string of the molecule is CC(c1ccc(-n2cncn2)cc1)N(C)c1cnc2cc(F)c(F)cc2n1. The Balaban J connectivity index is 1.60. The summed E-state index contributed by atoms with van der Waals surface area (Å²) in [6.45, 7) is 2.03. The Morgan fingerprint density at radius 1 is 1.04 bits per heavy atom. The molecule has 4 aromatic rings. The molecule has 0 radical (unpaired) electrons. The van der Waals surface area contributed by atoms with E-state index >= 15 is 0 Å². The first-order valence-corrected chi connectivity index (χ1v) is 8.32. The molecule has 1 unspecified atom stereocenters. The van der Waals surface area contributed by atoms with Gasteiger partial charge in [-0.1, -0.05) is 12.1 Å². The molecule has 0 N–H and O–H groups in total. The van der Waals surface area contributed by atoms with Gasteiger partial charge in [-0.2, -0.15) is 5.10 Å². The van der Waals surface area contributed by atoms with Gasteiger partial charge in [0.05, 0.1) is 29.0 Å². The van der Waals surface area contributed by atoms with Crippen LogP contribution in [0.3, 0.4) is 0 Å². The zero-order valence-electron chi connectivity index (χ0n) is 14.7. The lowest BCUT2D eigenvalue weighted by molar-refractivity contribution is 0.510. The van der Waals surface area contributed by atoms with Crippen molar-refractivity contribution in [3.63, 3.8) is 0 Å². The van der Waals surface area contributed by atoms with Crippen LogP contribution in [-0.4, -0.2) is 31.8 Å². The second-order valence-corrected chi connectivity index (χ2v) is 6.20. The molecule has 0 amide bonds. The van der Waals surface area contributed by atoms with Crippen molar-refractivity contribution in [3.8, 4) is 5.69 Å². The van der Waals surface area contributed by atoms with Crippen LogP contribution in [0.1, 0.15) is 18.5 Å².